The Morgan fingerprint density at radius 3 is 2.44 bits per heavy atom. The summed E-state index contributed by atoms with van der Waals surface area (Å²) >= 11 is 3.42. The van der Waals surface area contributed by atoms with Gasteiger partial charge < -0.3 is 10.6 Å². The molecular formula is C20H23BrN2O2. The Hall–Kier alpha value is -2.14. The molecule has 0 spiro atoms. The molecule has 4 nitrogen and oxygen atoms in total. The molecule has 2 N–H and O–H groups in total. The van der Waals surface area contributed by atoms with Gasteiger partial charge in [-0.1, -0.05) is 53.2 Å². The number of rotatable bonds is 7. The van der Waals surface area contributed by atoms with Gasteiger partial charge in [0.2, 0.25) is 11.8 Å². The number of benzene rings is 2. The van der Waals surface area contributed by atoms with Gasteiger partial charge in [-0.2, -0.15) is 0 Å². The van der Waals surface area contributed by atoms with E-state index in [0.29, 0.717) is 6.42 Å². The number of carbonyl (C=O) groups excluding carboxylic acids is 2. The number of anilines is 1. The SMILES string of the molecule is CCC(CC(=O)NCC(=O)Nc1ccc(Br)c(C)c1)c1ccccc1. The average molecular weight is 403 g/mol. The molecule has 25 heavy (non-hydrogen) atoms. The van der Waals surface area contributed by atoms with E-state index in [2.05, 4.69) is 33.5 Å². The molecular weight excluding hydrogens is 380 g/mol. The fourth-order valence-electron chi connectivity index (χ4n) is 2.63. The van der Waals surface area contributed by atoms with E-state index >= 15 is 0 Å². The normalized spacial score (nSPS) is 11.6. The Labute approximate surface area is 157 Å². The second-order valence-electron chi connectivity index (χ2n) is 6.01. The molecule has 1 unspecified atom stereocenters. The summed E-state index contributed by atoms with van der Waals surface area (Å²) in [7, 11) is 0. The molecule has 5 heteroatoms. The molecule has 2 aromatic carbocycles. The third kappa shape index (κ3) is 6.02. The van der Waals surface area contributed by atoms with Crippen molar-refractivity contribution in [2.45, 2.75) is 32.6 Å². The summed E-state index contributed by atoms with van der Waals surface area (Å²) in [6, 6.07) is 15.6. The number of hydrogen-bond donors (Lipinski definition) is 2. The predicted octanol–water partition coefficient (Wildman–Crippen LogP) is 4.40. The van der Waals surface area contributed by atoms with Gasteiger partial charge in [-0.3, -0.25) is 9.59 Å². The van der Waals surface area contributed by atoms with Crippen molar-refractivity contribution in [2.75, 3.05) is 11.9 Å². The lowest BCUT2D eigenvalue weighted by Crippen LogP contribution is -2.33. The number of aryl methyl sites for hydroxylation is 1. The summed E-state index contributed by atoms with van der Waals surface area (Å²) in [5.41, 5.74) is 2.90. The van der Waals surface area contributed by atoms with Gasteiger partial charge in [0, 0.05) is 16.6 Å². The van der Waals surface area contributed by atoms with Crippen LogP contribution in [0, 0.1) is 6.92 Å². The molecule has 2 amide bonds. The Balaban J connectivity index is 1.82. The Morgan fingerprint density at radius 1 is 1.08 bits per heavy atom. The van der Waals surface area contributed by atoms with E-state index in [1.165, 1.54) is 0 Å². The molecule has 0 aromatic heterocycles. The van der Waals surface area contributed by atoms with Crippen molar-refractivity contribution in [3.05, 3.63) is 64.1 Å². The van der Waals surface area contributed by atoms with Gasteiger partial charge in [-0.05, 0) is 48.6 Å². The molecule has 0 aliphatic rings. The first-order valence-corrected chi connectivity index (χ1v) is 9.16. The predicted molar refractivity (Wildman–Crippen MR) is 105 cm³/mol. The van der Waals surface area contributed by atoms with Crippen LogP contribution in [-0.2, 0) is 9.59 Å². The van der Waals surface area contributed by atoms with Gasteiger partial charge >= 0.3 is 0 Å². The highest BCUT2D eigenvalue weighted by Gasteiger charge is 2.14. The molecule has 2 rings (SSSR count). The lowest BCUT2D eigenvalue weighted by molar-refractivity contribution is -0.124. The van der Waals surface area contributed by atoms with E-state index in [0.717, 1.165) is 27.7 Å². The van der Waals surface area contributed by atoms with Crippen LogP contribution in [0.4, 0.5) is 5.69 Å². The molecule has 0 fully saturated rings. The number of carbonyl (C=O) groups is 2. The fraction of sp³-hybridized carbons (Fsp3) is 0.300. The largest absolute Gasteiger partial charge is 0.347 e. The maximum atomic E-state index is 12.1. The lowest BCUT2D eigenvalue weighted by Gasteiger charge is -2.15. The van der Waals surface area contributed by atoms with Crippen molar-refractivity contribution in [1.82, 2.24) is 5.32 Å². The second kappa shape index (κ2) is 9.37. The molecule has 0 aliphatic heterocycles. The first kappa shape index (κ1) is 19.2. The van der Waals surface area contributed by atoms with Crippen molar-refractivity contribution < 1.29 is 9.59 Å². The average Bonchev–Trinajstić information content (AvgIpc) is 2.62. The highest BCUT2D eigenvalue weighted by atomic mass is 79.9. The van der Waals surface area contributed by atoms with Gasteiger partial charge in [-0.25, -0.2) is 0 Å². The van der Waals surface area contributed by atoms with Crippen molar-refractivity contribution in [3.8, 4) is 0 Å². The topological polar surface area (TPSA) is 58.2 Å². The quantitative estimate of drug-likeness (QED) is 0.720. The van der Waals surface area contributed by atoms with Crippen molar-refractivity contribution in [2.24, 2.45) is 0 Å². The van der Waals surface area contributed by atoms with E-state index < -0.39 is 0 Å². The third-order valence-corrected chi connectivity index (χ3v) is 4.97. The van der Waals surface area contributed by atoms with Gasteiger partial charge in [0.05, 0.1) is 6.54 Å². The maximum absolute atomic E-state index is 12.1. The number of halogens is 1. The molecule has 2 aromatic rings. The van der Waals surface area contributed by atoms with Crippen LogP contribution in [0.15, 0.2) is 53.0 Å². The second-order valence-corrected chi connectivity index (χ2v) is 6.86. The van der Waals surface area contributed by atoms with Crippen molar-refractivity contribution in [1.29, 1.82) is 0 Å². The summed E-state index contributed by atoms with van der Waals surface area (Å²) in [6.07, 6.45) is 1.26. The summed E-state index contributed by atoms with van der Waals surface area (Å²) in [5, 5.41) is 5.49. The molecule has 1 atom stereocenters. The summed E-state index contributed by atoms with van der Waals surface area (Å²) in [5.74, 6) is -0.181. The zero-order chi connectivity index (χ0) is 18.2. The summed E-state index contributed by atoms with van der Waals surface area (Å²) in [4.78, 5) is 24.1. The lowest BCUT2D eigenvalue weighted by atomic mass is 9.93. The maximum Gasteiger partial charge on any atom is 0.243 e. The van der Waals surface area contributed by atoms with E-state index in [1.54, 1.807) is 0 Å². The van der Waals surface area contributed by atoms with Gasteiger partial charge in [-0.15, -0.1) is 0 Å². The molecule has 0 aliphatic carbocycles. The third-order valence-electron chi connectivity index (χ3n) is 4.08. The number of amides is 2. The summed E-state index contributed by atoms with van der Waals surface area (Å²) < 4.78 is 0.991. The minimum atomic E-state index is -0.233. The van der Waals surface area contributed by atoms with E-state index in [4.69, 9.17) is 0 Å². The van der Waals surface area contributed by atoms with Gasteiger partial charge in [0.1, 0.15) is 0 Å². The molecule has 132 valence electrons. The van der Waals surface area contributed by atoms with Crippen LogP contribution < -0.4 is 10.6 Å². The van der Waals surface area contributed by atoms with Gasteiger partial charge in [0.15, 0.2) is 0 Å². The van der Waals surface area contributed by atoms with E-state index in [9.17, 15) is 9.59 Å². The molecule has 0 heterocycles. The van der Waals surface area contributed by atoms with E-state index in [1.807, 2.05) is 55.5 Å². The van der Waals surface area contributed by atoms with Crippen LogP contribution in [0.2, 0.25) is 0 Å². The monoisotopic (exact) mass is 402 g/mol. The van der Waals surface area contributed by atoms with Crippen molar-refractivity contribution in [3.63, 3.8) is 0 Å². The first-order chi connectivity index (χ1) is 12.0. The first-order valence-electron chi connectivity index (χ1n) is 8.37. The van der Waals surface area contributed by atoms with Crippen LogP contribution >= 0.6 is 15.9 Å². The minimum absolute atomic E-state index is 0.0286. The smallest absolute Gasteiger partial charge is 0.243 e. The zero-order valence-corrected chi connectivity index (χ0v) is 16.1. The molecule has 0 bridgehead atoms. The zero-order valence-electron chi connectivity index (χ0n) is 14.5. The van der Waals surface area contributed by atoms with Crippen LogP contribution in [0.3, 0.4) is 0 Å². The van der Waals surface area contributed by atoms with Crippen LogP contribution in [-0.4, -0.2) is 18.4 Å². The molecule has 0 saturated heterocycles. The van der Waals surface area contributed by atoms with E-state index in [-0.39, 0.29) is 24.3 Å². The fourth-order valence-corrected chi connectivity index (χ4v) is 2.87. The minimum Gasteiger partial charge on any atom is -0.347 e. The Morgan fingerprint density at radius 2 is 1.80 bits per heavy atom. The highest BCUT2D eigenvalue weighted by molar-refractivity contribution is 9.10. The van der Waals surface area contributed by atoms with Crippen molar-refractivity contribution >= 4 is 33.4 Å². The van der Waals surface area contributed by atoms with Gasteiger partial charge in [0.25, 0.3) is 0 Å². The standard InChI is InChI=1S/C20H23BrN2O2/c1-3-15(16-7-5-4-6-8-16)12-19(24)22-13-20(25)23-17-9-10-18(21)14(2)11-17/h4-11,15H,3,12-13H2,1-2H3,(H,22,24)(H,23,25). The van der Waals surface area contributed by atoms with Crippen LogP contribution in [0.5, 0.6) is 0 Å². The summed E-state index contributed by atoms with van der Waals surface area (Å²) in [6.45, 7) is 3.99. The van der Waals surface area contributed by atoms with Crippen LogP contribution in [0.1, 0.15) is 36.8 Å². The Bertz CT molecular complexity index is 732. The molecule has 0 radical (unpaired) electrons. The number of nitrogens with one attached hydrogen (secondary N) is 2. The molecule has 0 saturated carbocycles. The number of hydrogen-bond acceptors (Lipinski definition) is 2. The Kier molecular flexibility index (Phi) is 7.19. The highest BCUT2D eigenvalue weighted by Crippen LogP contribution is 2.22. The van der Waals surface area contributed by atoms with Crippen LogP contribution in [0.25, 0.3) is 0 Å².